The number of imidazole rings is 1. The Kier molecular flexibility index (Phi) is 4.46. The van der Waals surface area contributed by atoms with Crippen LogP contribution in [-0.4, -0.2) is 47.0 Å². The highest BCUT2D eigenvalue weighted by Crippen LogP contribution is 2.23. The maximum atomic E-state index is 12.2. The molecule has 0 saturated carbocycles. The largest absolute Gasteiger partial charge is 0.368 e. The zero-order valence-corrected chi connectivity index (χ0v) is 13.6. The number of amides is 1. The van der Waals surface area contributed by atoms with E-state index in [0.717, 1.165) is 31.9 Å². The molecule has 1 amide bonds. The van der Waals surface area contributed by atoms with Crippen molar-refractivity contribution in [2.45, 2.75) is 13.8 Å². The lowest BCUT2D eigenvalue weighted by atomic mass is 10.1. The molecule has 1 aliphatic heterocycles. The zero-order chi connectivity index (χ0) is 16.2. The number of aromatic amines is 1. The Morgan fingerprint density at radius 1 is 1.22 bits per heavy atom. The summed E-state index contributed by atoms with van der Waals surface area (Å²) in [5.41, 5.74) is 4.76. The Hall–Kier alpha value is -2.56. The van der Waals surface area contributed by atoms with Gasteiger partial charge in [0.15, 0.2) is 0 Å². The number of H-pyrrole nitrogens is 1. The minimum atomic E-state index is 0.0558. The molecule has 5 nitrogen and oxygen atoms in total. The van der Waals surface area contributed by atoms with Gasteiger partial charge in [-0.3, -0.25) is 4.79 Å². The van der Waals surface area contributed by atoms with E-state index >= 15 is 0 Å². The molecule has 2 heterocycles. The van der Waals surface area contributed by atoms with Crippen LogP contribution in [-0.2, 0) is 4.79 Å². The van der Waals surface area contributed by atoms with Crippen molar-refractivity contribution in [2.75, 3.05) is 31.1 Å². The number of aromatic nitrogens is 2. The average molecular weight is 310 g/mol. The molecule has 2 aromatic rings. The number of carbonyl (C=O) groups excluding carboxylic acids is 1. The average Bonchev–Trinajstić information content (AvgIpc) is 3.09. The number of nitrogens with zero attached hydrogens (tertiary/aromatic N) is 3. The Balaban J connectivity index is 1.60. The Bertz CT molecular complexity index is 698. The van der Waals surface area contributed by atoms with Gasteiger partial charge >= 0.3 is 0 Å². The van der Waals surface area contributed by atoms with Crippen molar-refractivity contribution in [1.82, 2.24) is 14.9 Å². The van der Waals surface area contributed by atoms with E-state index in [2.05, 4.69) is 46.9 Å². The van der Waals surface area contributed by atoms with E-state index in [0.29, 0.717) is 0 Å². The van der Waals surface area contributed by atoms with Crippen molar-refractivity contribution in [3.8, 4) is 0 Å². The summed E-state index contributed by atoms with van der Waals surface area (Å²) < 4.78 is 0. The van der Waals surface area contributed by atoms with Crippen LogP contribution in [0.3, 0.4) is 0 Å². The van der Waals surface area contributed by atoms with Crippen LogP contribution in [0.5, 0.6) is 0 Å². The molecule has 0 bridgehead atoms. The molecule has 120 valence electrons. The number of benzene rings is 1. The number of anilines is 1. The number of rotatable bonds is 3. The van der Waals surface area contributed by atoms with Crippen molar-refractivity contribution in [3.05, 3.63) is 53.6 Å². The van der Waals surface area contributed by atoms with Crippen LogP contribution in [0.2, 0.25) is 0 Å². The van der Waals surface area contributed by atoms with E-state index in [-0.39, 0.29) is 5.91 Å². The Labute approximate surface area is 136 Å². The van der Waals surface area contributed by atoms with Gasteiger partial charge < -0.3 is 14.8 Å². The number of aryl methyl sites for hydroxylation is 1. The molecule has 1 N–H and O–H groups in total. The number of nitrogens with one attached hydrogen (secondary N) is 1. The number of hydrogen-bond donors (Lipinski definition) is 1. The molecule has 0 unspecified atom stereocenters. The fourth-order valence-corrected chi connectivity index (χ4v) is 2.87. The highest BCUT2D eigenvalue weighted by molar-refractivity contribution is 5.91. The SMILES string of the molecule is Cc1cccc(N2CCN(C(=O)C=Cc3cnc[nH]3)CC2)c1C. The third-order valence-electron chi connectivity index (χ3n) is 4.43. The molecule has 0 aliphatic carbocycles. The highest BCUT2D eigenvalue weighted by atomic mass is 16.2. The van der Waals surface area contributed by atoms with Gasteiger partial charge in [-0.2, -0.15) is 0 Å². The molecule has 3 rings (SSSR count). The van der Waals surface area contributed by atoms with Gasteiger partial charge in [-0.15, -0.1) is 0 Å². The molecule has 1 aromatic heterocycles. The number of hydrogen-bond acceptors (Lipinski definition) is 3. The summed E-state index contributed by atoms with van der Waals surface area (Å²) in [5.74, 6) is 0.0558. The van der Waals surface area contributed by atoms with Crippen LogP contribution < -0.4 is 4.90 Å². The topological polar surface area (TPSA) is 52.2 Å². The first-order valence-corrected chi connectivity index (χ1v) is 7.91. The molecule has 5 heteroatoms. The number of carbonyl (C=O) groups is 1. The Morgan fingerprint density at radius 3 is 2.70 bits per heavy atom. The summed E-state index contributed by atoms with van der Waals surface area (Å²) in [5, 5.41) is 0. The van der Waals surface area contributed by atoms with Gasteiger partial charge in [0.05, 0.1) is 18.2 Å². The highest BCUT2D eigenvalue weighted by Gasteiger charge is 2.20. The van der Waals surface area contributed by atoms with E-state index in [9.17, 15) is 4.79 Å². The smallest absolute Gasteiger partial charge is 0.246 e. The maximum Gasteiger partial charge on any atom is 0.246 e. The van der Waals surface area contributed by atoms with E-state index in [1.54, 1.807) is 24.7 Å². The molecular formula is C18H22N4O. The monoisotopic (exact) mass is 310 g/mol. The van der Waals surface area contributed by atoms with Crippen LogP contribution >= 0.6 is 0 Å². The van der Waals surface area contributed by atoms with Crippen molar-refractivity contribution >= 4 is 17.7 Å². The van der Waals surface area contributed by atoms with Crippen molar-refractivity contribution in [2.24, 2.45) is 0 Å². The molecule has 0 atom stereocenters. The molecular weight excluding hydrogens is 288 g/mol. The van der Waals surface area contributed by atoms with Crippen LogP contribution in [0.25, 0.3) is 6.08 Å². The van der Waals surface area contributed by atoms with E-state index in [1.807, 2.05) is 4.90 Å². The zero-order valence-electron chi connectivity index (χ0n) is 13.6. The van der Waals surface area contributed by atoms with E-state index in [4.69, 9.17) is 0 Å². The fourth-order valence-electron chi connectivity index (χ4n) is 2.87. The van der Waals surface area contributed by atoms with Crippen LogP contribution in [0, 0.1) is 13.8 Å². The fraction of sp³-hybridized carbons (Fsp3) is 0.333. The third-order valence-corrected chi connectivity index (χ3v) is 4.43. The lowest BCUT2D eigenvalue weighted by Crippen LogP contribution is -2.48. The van der Waals surface area contributed by atoms with Crippen molar-refractivity contribution in [3.63, 3.8) is 0 Å². The molecule has 0 spiro atoms. The minimum Gasteiger partial charge on any atom is -0.368 e. The van der Waals surface area contributed by atoms with Crippen molar-refractivity contribution in [1.29, 1.82) is 0 Å². The summed E-state index contributed by atoms with van der Waals surface area (Å²) in [6.45, 7) is 7.54. The van der Waals surface area contributed by atoms with E-state index in [1.165, 1.54) is 16.8 Å². The summed E-state index contributed by atoms with van der Waals surface area (Å²) in [6.07, 6.45) is 6.68. The van der Waals surface area contributed by atoms with Crippen LogP contribution in [0.15, 0.2) is 36.8 Å². The van der Waals surface area contributed by atoms with Crippen molar-refractivity contribution < 1.29 is 4.79 Å². The molecule has 0 radical (unpaired) electrons. The van der Waals surface area contributed by atoms with Gasteiger partial charge in [0.1, 0.15) is 0 Å². The summed E-state index contributed by atoms with van der Waals surface area (Å²) in [4.78, 5) is 23.4. The standard InChI is InChI=1S/C18H22N4O/c1-14-4-3-5-17(15(14)2)21-8-10-22(11-9-21)18(23)7-6-16-12-19-13-20-16/h3-7,12-13H,8-11H2,1-2H3,(H,19,20). The second kappa shape index (κ2) is 6.69. The Morgan fingerprint density at radius 2 is 2.00 bits per heavy atom. The quantitative estimate of drug-likeness (QED) is 0.886. The molecule has 1 fully saturated rings. The van der Waals surface area contributed by atoms with Gasteiger partial charge in [-0.05, 0) is 37.1 Å². The summed E-state index contributed by atoms with van der Waals surface area (Å²) in [6, 6.07) is 6.40. The van der Waals surface area contributed by atoms with Gasteiger partial charge in [0.25, 0.3) is 0 Å². The maximum absolute atomic E-state index is 12.2. The summed E-state index contributed by atoms with van der Waals surface area (Å²) in [7, 11) is 0. The predicted molar refractivity (Wildman–Crippen MR) is 92.3 cm³/mol. The predicted octanol–water partition coefficient (Wildman–Crippen LogP) is 2.39. The minimum absolute atomic E-state index is 0.0558. The second-order valence-corrected chi connectivity index (χ2v) is 5.87. The van der Waals surface area contributed by atoms with Crippen LogP contribution in [0.1, 0.15) is 16.8 Å². The first-order valence-electron chi connectivity index (χ1n) is 7.91. The van der Waals surface area contributed by atoms with Gasteiger partial charge in [-0.25, -0.2) is 4.98 Å². The summed E-state index contributed by atoms with van der Waals surface area (Å²) >= 11 is 0. The van der Waals surface area contributed by atoms with Crippen LogP contribution in [0.4, 0.5) is 5.69 Å². The first kappa shape index (κ1) is 15.3. The van der Waals surface area contributed by atoms with Gasteiger partial charge in [0.2, 0.25) is 5.91 Å². The normalized spacial score (nSPS) is 15.4. The van der Waals surface area contributed by atoms with Gasteiger partial charge in [-0.1, -0.05) is 12.1 Å². The van der Waals surface area contributed by atoms with Gasteiger partial charge in [0, 0.05) is 37.9 Å². The third kappa shape index (κ3) is 3.44. The van der Waals surface area contributed by atoms with E-state index < -0.39 is 0 Å². The second-order valence-electron chi connectivity index (χ2n) is 5.87. The number of piperazine rings is 1. The molecule has 1 aliphatic rings. The molecule has 23 heavy (non-hydrogen) atoms. The lowest BCUT2D eigenvalue weighted by molar-refractivity contribution is -0.126. The molecule has 1 aromatic carbocycles. The first-order chi connectivity index (χ1) is 11.1. The molecule has 1 saturated heterocycles. The lowest BCUT2D eigenvalue weighted by Gasteiger charge is -2.36.